The highest BCUT2D eigenvalue weighted by Crippen LogP contribution is 2.41. The molecule has 0 saturated heterocycles. The van der Waals surface area contributed by atoms with E-state index in [9.17, 15) is 0 Å². The number of aliphatic hydroxyl groups is 1. The minimum atomic E-state index is 0.258. The molecule has 1 aliphatic rings. The topological polar surface area (TPSA) is 32.3 Å². The molecule has 1 fully saturated rings. The minimum absolute atomic E-state index is 0.258. The Hall–Kier alpha value is -0.0800. The third-order valence-corrected chi connectivity index (χ3v) is 2.48. The molecule has 1 saturated carbocycles. The number of hydrogen-bond acceptors (Lipinski definition) is 2. The van der Waals surface area contributed by atoms with Gasteiger partial charge in [-0.3, -0.25) is 0 Å². The molecule has 0 radical (unpaired) electrons. The van der Waals surface area contributed by atoms with E-state index in [1.54, 1.807) is 0 Å². The maximum Gasteiger partial charge on any atom is 0.0556 e. The summed E-state index contributed by atoms with van der Waals surface area (Å²) < 4.78 is 0. The molecule has 0 bridgehead atoms. The summed E-state index contributed by atoms with van der Waals surface area (Å²) in [5, 5.41) is 11.9. The van der Waals surface area contributed by atoms with E-state index in [0.29, 0.717) is 11.5 Å². The Morgan fingerprint density at radius 1 is 1.50 bits per heavy atom. The molecule has 2 heteroatoms. The van der Waals surface area contributed by atoms with Crippen molar-refractivity contribution >= 4 is 0 Å². The smallest absolute Gasteiger partial charge is 0.0556 e. The third-order valence-electron chi connectivity index (χ3n) is 2.48. The molecule has 0 aliphatic heterocycles. The highest BCUT2D eigenvalue weighted by Gasteiger charge is 2.44. The second-order valence-corrected chi connectivity index (χ2v) is 3.46. The zero-order valence-corrected chi connectivity index (χ0v) is 6.85. The number of hydrogen-bond donors (Lipinski definition) is 2. The van der Waals surface area contributed by atoms with Gasteiger partial charge in [-0.25, -0.2) is 0 Å². The van der Waals surface area contributed by atoms with Gasteiger partial charge in [0.1, 0.15) is 0 Å². The maximum atomic E-state index is 8.58. The predicted octanol–water partition coefficient (Wildman–Crippen LogP) is 0.757. The van der Waals surface area contributed by atoms with E-state index in [-0.39, 0.29) is 6.61 Å². The summed E-state index contributed by atoms with van der Waals surface area (Å²) in [5.41, 5.74) is 0.392. The lowest BCUT2D eigenvalue weighted by Gasteiger charge is -2.20. The van der Waals surface area contributed by atoms with E-state index in [1.807, 2.05) is 0 Å². The van der Waals surface area contributed by atoms with Gasteiger partial charge in [-0.15, -0.1) is 0 Å². The average Bonchev–Trinajstić information content (AvgIpc) is 2.64. The van der Waals surface area contributed by atoms with E-state index >= 15 is 0 Å². The predicted molar refractivity (Wildman–Crippen MR) is 41.9 cm³/mol. The van der Waals surface area contributed by atoms with E-state index in [2.05, 4.69) is 19.2 Å². The van der Waals surface area contributed by atoms with Crippen LogP contribution in [0.1, 0.15) is 26.7 Å². The zero-order valence-electron chi connectivity index (χ0n) is 6.85. The lowest BCUT2D eigenvalue weighted by atomic mass is 10.0. The quantitative estimate of drug-likeness (QED) is 0.609. The molecule has 0 heterocycles. The molecule has 0 unspecified atom stereocenters. The van der Waals surface area contributed by atoms with Crippen molar-refractivity contribution in [2.45, 2.75) is 32.2 Å². The van der Waals surface area contributed by atoms with Crippen molar-refractivity contribution in [1.29, 1.82) is 0 Å². The second kappa shape index (κ2) is 2.89. The fraction of sp³-hybridized carbons (Fsp3) is 1.00. The first-order valence-corrected chi connectivity index (χ1v) is 4.07. The molecule has 0 aromatic rings. The van der Waals surface area contributed by atoms with Gasteiger partial charge in [0, 0.05) is 12.1 Å². The van der Waals surface area contributed by atoms with Gasteiger partial charge in [0.2, 0.25) is 0 Å². The van der Waals surface area contributed by atoms with Crippen LogP contribution < -0.4 is 5.32 Å². The number of aliphatic hydroxyl groups excluding tert-OH is 1. The van der Waals surface area contributed by atoms with Crippen LogP contribution in [-0.2, 0) is 0 Å². The Morgan fingerprint density at radius 2 is 2.10 bits per heavy atom. The van der Waals surface area contributed by atoms with Crippen molar-refractivity contribution in [3.8, 4) is 0 Å². The summed E-state index contributed by atoms with van der Waals surface area (Å²) in [7, 11) is 0. The van der Waals surface area contributed by atoms with Crippen molar-refractivity contribution in [1.82, 2.24) is 5.32 Å². The first-order chi connectivity index (χ1) is 4.71. The Balaban J connectivity index is 2.24. The van der Waals surface area contributed by atoms with Gasteiger partial charge in [0.15, 0.2) is 0 Å². The lowest BCUT2D eigenvalue weighted by molar-refractivity contribution is 0.267. The van der Waals surface area contributed by atoms with Gasteiger partial charge in [-0.1, -0.05) is 13.8 Å². The van der Waals surface area contributed by atoms with Gasteiger partial charge < -0.3 is 10.4 Å². The molecule has 0 spiro atoms. The summed E-state index contributed by atoms with van der Waals surface area (Å²) in [6.07, 6.45) is 2.56. The average molecular weight is 143 g/mol. The zero-order chi connectivity index (χ0) is 7.61. The van der Waals surface area contributed by atoms with E-state index in [0.717, 1.165) is 6.54 Å². The molecule has 0 atom stereocenters. The Morgan fingerprint density at radius 3 is 2.40 bits per heavy atom. The van der Waals surface area contributed by atoms with Gasteiger partial charge >= 0.3 is 0 Å². The minimum Gasteiger partial charge on any atom is -0.395 e. The summed E-state index contributed by atoms with van der Waals surface area (Å²) in [6.45, 7) is 5.47. The Bertz CT molecular complexity index is 108. The van der Waals surface area contributed by atoms with E-state index < -0.39 is 0 Å². The third kappa shape index (κ3) is 1.50. The SMILES string of the molecule is CC(C)C1(NCCO)CC1. The number of rotatable bonds is 4. The largest absolute Gasteiger partial charge is 0.395 e. The fourth-order valence-corrected chi connectivity index (χ4v) is 1.40. The van der Waals surface area contributed by atoms with Crippen LogP contribution in [-0.4, -0.2) is 23.8 Å². The lowest BCUT2D eigenvalue weighted by Crippen LogP contribution is -2.37. The van der Waals surface area contributed by atoms with Crippen LogP contribution in [0.25, 0.3) is 0 Å². The molecule has 2 nitrogen and oxygen atoms in total. The van der Waals surface area contributed by atoms with Crippen LogP contribution in [0.5, 0.6) is 0 Å². The molecule has 0 aromatic heterocycles. The molecule has 0 amide bonds. The maximum absolute atomic E-state index is 8.58. The van der Waals surface area contributed by atoms with Gasteiger partial charge in [-0.2, -0.15) is 0 Å². The first-order valence-electron chi connectivity index (χ1n) is 4.07. The fourth-order valence-electron chi connectivity index (χ4n) is 1.40. The number of nitrogens with one attached hydrogen (secondary N) is 1. The molecule has 10 heavy (non-hydrogen) atoms. The molecular formula is C8H17NO. The van der Waals surface area contributed by atoms with Crippen LogP contribution in [0.4, 0.5) is 0 Å². The van der Waals surface area contributed by atoms with Crippen molar-refractivity contribution in [2.24, 2.45) is 5.92 Å². The molecular weight excluding hydrogens is 126 g/mol. The van der Waals surface area contributed by atoms with Crippen molar-refractivity contribution in [2.75, 3.05) is 13.2 Å². The second-order valence-electron chi connectivity index (χ2n) is 3.46. The standard InChI is InChI=1S/C8H17NO/c1-7(2)8(3-4-8)9-5-6-10/h7,9-10H,3-6H2,1-2H3. The molecule has 1 aliphatic carbocycles. The Kier molecular flexibility index (Phi) is 2.32. The molecule has 0 aromatic carbocycles. The van der Waals surface area contributed by atoms with Crippen molar-refractivity contribution < 1.29 is 5.11 Å². The van der Waals surface area contributed by atoms with Gasteiger partial charge in [0.25, 0.3) is 0 Å². The summed E-state index contributed by atoms with van der Waals surface area (Å²) >= 11 is 0. The Labute approximate surface area is 62.6 Å². The summed E-state index contributed by atoms with van der Waals surface area (Å²) in [6, 6.07) is 0. The van der Waals surface area contributed by atoms with Crippen LogP contribution >= 0.6 is 0 Å². The van der Waals surface area contributed by atoms with Crippen LogP contribution in [0.15, 0.2) is 0 Å². The van der Waals surface area contributed by atoms with Crippen molar-refractivity contribution in [3.05, 3.63) is 0 Å². The first kappa shape index (κ1) is 8.02. The highest BCUT2D eigenvalue weighted by molar-refractivity contribution is 5.03. The van der Waals surface area contributed by atoms with Gasteiger partial charge in [-0.05, 0) is 18.8 Å². The molecule has 60 valence electrons. The van der Waals surface area contributed by atoms with E-state index in [1.165, 1.54) is 12.8 Å². The summed E-state index contributed by atoms with van der Waals surface area (Å²) in [4.78, 5) is 0. The molecule has 1 rings (SSSR count). The van der Waals surface area contributed by atoms with Crippen LogP contribution in [0.2, 0.25) is 0 Å². The van der Waals surface area contributed by atoms with Gasteiger partial charge in [0.05, 0.1) is 6.61 Å². The monoisotopic (exact) mass is 143 g/mol. The normalized spacial score (nSPS) is 21.6. The van der Waals surface area contributed by atoms with Crippen LogP contribution in [0, 0.1) is 5.92 Å². The summed E-state index contributed by atoms with van der Waals surface area (Å²) in [5.74, 6) is 0.707. The molecule has 2 N–H and O–H groups in total. The number of β-amino-alcohol motifs (C(OH)–C–C–N with tert-alkyl or cyclic N) is 1. The van der Waals surface area contributed by atoms with Crippen LogP contribution in [0.3, 0.4) is 0 Å². The van der Waals surface area contributed by atoms with E-state index in [4.69, 9.17) is 5.11 Å². The van der Waals surface area contributed by atoms with Crippen molar-refractivity contribution in [3.63, 3.8) is 0 Å². The highest BCUT2D eigenvalue weighted by atomic mass is 16.3.